The van der Waals surface area contributed by atoms with E-state index in [0.29, 0.717) is 0 Å². The third-order valence-electron chi connectivity index (χ3n) is 1.82. The molecule has 1 unspecified atom stereocenters. The van der Waals surface area contributed by atoms with Crippen molar-refractivity contribution in [1.29, 1.82) is 0 Å². The third-order valence-corrected chi connectivity index (χ3v) is 1.82. The van der Waals surface area contributed by atoms with E-state index in [1.54, 1.807) is 0 Å². The molecule has 0 aliphatic carbocycles. The topological polar surface area (TPSA) is 12.4 Å². The van der Waals surface area contributed by atoms with Crippen LogP contribution in [0.3, 0.4) is 0 Å². The highest BCUT2D eigenvalue weighted by atomic mass is 35.5. The number of quaternary nitrogens is 1. The summed E-state index contributed by atoms with van der Waals surface area (Å²) in [6.07, 6.45) is 2.04. The molecular formula is C6H13ClN2. The zero-order valence-corrected chi connectivity index (χ0v) is 6.73. The zero-order valence-electron chi connectivity index (χ0n) is 5.97. The van der Waals surface area contributed by atoms with Crippen LogP contribution in [-0.2, 0) is 0 Å². The van der Waals surface area contributed by atoms with Crippen LogP contribution in [0.15, 0.2) is 4.99 Å². The molecule has 0 amide bonds. The molecule has 1 aliphatic rings. The summed E-state index contributed by atoms with van der Waals surface area (Å²) in [5.74, 6) is 0. The molecule has 0 fully saturated rings. The second-order valence-corrected chi connectivity index (χ2v) is 2.54. The Hall–Kier alpha value is -0.0800. The van der Waals surface area contributed by atoms with Crippen LogP contribution in [0.5, 0.6) is 0 Å². The normalized spacial score (nSPS) is 32.2. The van der Waals surface area contributed by atoms with Crippen LogP contribution in [0.2, 0.25) is 0 Å². The van der Waals surface area contributed by atoms with Crippen molar-refractivity contribution in [3.05, 3.63) is 0 Å². The van der Waals surface area contributed by atoms with Gasteiger partial charge in [-0.1, -0.05) is 0 Å². The first-order valence-electron chi connectivity index (χ1n) is 3.12. The second kappa shape index (κ2) is 3.18. The molecule has 0 N–H and O–H groups in total. The molecular weight excluding hydrogens is 136 g/mol. The lowest BCUT2D eigenvalue weighted by atomic mass is 10.5. The summed E-state index contributed by atoms with van der Waals surface area (Å²) in [5.41, 5.74) is 0. The van der Waals surface area contributed by atoms with Gasteiger partial charge in [0.25, 0.3) is 0 Å². The fourth-order valence-corrected chi connectivity index (χ4v) is 0.839. The minimum Gasteiger partial charge on any atom is -1.00 e. The molecule has 54 valence electrons. The van der Waals surface area contributed by atoms with Crippen molar-refractivity contribution >= 4 is 6.34 Å². The Bertz CT molecular complexity index is 114. The van der Waals surface area contributed by atoms with Gasteiger partial charge < -0.3 is 12.4 Å². The number of nitrogens with zero attached hydrogens (tertiary/aromatic N) is 2. The van der Waals surface area contributed by atoms with Crippen LogP contribution < -0.4 is 12.4 Å². The standard InChI is InChI=1S/C6H13N2.ClH/c1-3-8(2)5-4-7-6-8;/h6H,3-5H2,1-2H3;1H/q+1;/p-1. The Morgan fingerprint density at radius 2 is 2.33 bits per heavy atom. The van der Waals surface area contributed by atoms with Crippen LogP contribution in [0.25, 0.3) is 0 Å². The van der Waals surface area contributed by atoms with Crippen LogP contribution in [0, 0.1) is 0 Å². The van der Waals surface area contributed by atoms with Gasteiger partial charge in [-0.15, -0.1) is 0 Å². The van der Waals surface area contributed by atoms with Gasteiger partial charge >= 0.3 is 0 Å². The van der Waals surface area contributed by atoms with Crippen molar-refractivity contribution in [1.82, 2.24) is 0 Å². The van der Waals surface area contributed by atoms with Crippen LogP contribution in [0.4, 0.5) is 0 Å². The van der Waals surface area contributed by atoms with Gasteiger partial charge in [-0.2, -0.15) is 0 Å². The highest BCUT2D eigenvalue weighted by Crippen LogP contribution is 2.02. The average molecular weight is 149 g/mol. The summed E-state index contributed by atoms with van der Waals surface area (Å²) in [5, 5.41) is 0. The Morgan fingerprint density at radius 1 is 1.67 bits per heavy atom. The van der Waals surface area contributed by atoms with Crippen LogP contribution in [-0.4, -0.2) is 37.5 Å². The van der Waals surface area contributed by atoms with Crippen molar-refractivity contribution < 1.29 is 16.9 Å². The molecule has 3 heteroatoms. The van der Waals surface area contributed by atoms with Gasteiger partial charge in [-0.05, 0) is 6.92 Å². The molecule has 1 aliphatic heterocycles. The first-order valence-corrected chi connectivity index (χ1v) is 3.12. The molecule has 0 bridgehead atoms. The summed E-state index contributed by atoms with van der Waals surface area (Å²) in [6.45, 7) is 5.57. The van der Waals surface area contributed by atoms with Crippen molar-refractivity contribution in [2.24, 2.45) is 4.99 Å². The lowest BCUT2D eigenvalue weighted by Gasteiger charge is -2.21. The van der Waals surface area contributed by atoms with Crippen molar-refractivity contribution in [2.45, 2.75) is 6.92 Å². The number of hydrogen-bond donors (Lipinski definition) is 0. The Balaban J connectivity index is 0.000000640. The first kappa shape index (κ1) is 8.92. The summed E-state index contributed by atoms with van der Waals surface area (Å²) in [6, 6.07) is 0. The molecule has 0 aromatic heterocycles. The largest absolute Gasteiger partial charge is 1.00 e. The van der Waals surface area contributed by atoms with E-state index in [4.69, 9.17) is 0 Å². The third kappa shape index (κ3) is 1.95. The Morgan fingerprint density at radius 3 is 2.56 bits per heavy atom. The molecule has 0 radical (unpaired) electrons. The summed E-state index contributed by atoms with van der Waals surface area (Å²) in [4.78, 5) is 4.15. The van der Waals surface area contributed by atoms with Crippen LogP contribution in [0.1, 0.15) is 6.92 Å². The fourth-order valence-electron chi connectivity index (χ4n) is 0.839. The van der Waals surface area contributed by atoms with E-state index in [0.717, 1.165) is 11.0 Å². The monoisotopic (exact) mass is 148 g/mol. The Labute approximate surface area is 62.6 Å². The molecule has 0 spiro atoms. The highest BCUT2D eigenvalue weighted by Gasteiger charge is 2.19. The van der Waals surface area contributed by atoms with E-state index in [9.17, 15) is 0 Å². The predicted molar refractivity (Wildman–Crippen MR) is 35.0 cm³/mol. The maximum Gasteiger partial charge on any atom is 0.185 e. The molecule has 9 heavy (non-hydrogen) atoms. The van der Waals surface area contributed by atoms with E-state index >= 15 is 0 Å². The molecule has 0 saturated carbocycles. The van der Waals surface area contributed by atoms with E-state index in [2.05, 4.69) is 19.0 Å². The van der Waals surface area contributed by atoms with Crippen molar-refractivity contribution in [2.75, 3.05) is 26.7 Å². The number of likely N-dealkylation sites (N-methyl/N-ethyl adjacent to an activating group) is 1. The number of halogens is 1. The maximum absolute atomic E-state index is 4.15. The van der Waals surface area contributed by atoms with Gasteiger partial charge in [0.2, 0.25) is 0 Å². The number of rotatable bonds is 1. The van der Waals surface area contributed by atoms with E-state index in [-0.39, 0.29) is 12.4 Å². The minimum absolute atomic E-state index is 0. The van der Waals surface area contributed by atoms with Gasteiger partial charge in [0.1, 0.15) is 6.54 Å². The van der Waals surface area contributed by atoms with Crippen molar-refractivity contribution in [3.63, 3.8) is 0 Å². The fraction of sp³-hybridized carbons (Fsp3) is 0.833. The first-order chi connectivity index (χ1) is 3.77. The average Bonchev–Trinajstić information content (AvgIpc) is 2.17. The summed E-state index contributed by atoms with van der Waals surface area (Å²) >= 11 is 0. The molecule has 0 aromatic carbocycles. The van der Waals surface area contributed by atoms with E-state index in [1.165, 1.54) is 13.1 Å². The maximum atomic E-state index is 4.15. The molecule has 1 heterocycles. The minimum atomic E-state index is 0. The summed E-state index contributed by atoms with van der Waals surface area (Å²) in [7, 11) is 2.20. The summed E-state index contributed by atoms with van der Waals surface area (Å²) < 4.78 is 1.03. The molecule has 0 saturated heterocycles. The van der Waals surface area contributed by atoms with Gasteiger partial charge in [-0.3, -0.25) is 4.48 Å². The highest BCUT2D eigenvalue weighted by molar-refractivity contribution is 5.47. The molecule has 2 nitrogen and oxygen atoms in total. The second-order valence-electron chi connectivity index (χ2n) is 2.54. The van der Waals surface area contributed by atoms with Gasteiger partial charge in [0.05, 0.1) is 20.1 Å². The van der Waals surface area contributed by atoms with Crippen molar-refractivity contribution in [3.8, 4) is 0 Å². The zero-order chi connectivity index (χ0) is 6.04. The number of aliphatic imine (C=N–C) groups is 1. The lowest BCUT2D eigenvalue weighted by Crippen LogP contribution is -3.00. The van der Waals surface area contributed by atoms with E-state index in [1.807, 2.05) is 6.34 Å². The SMILES string of the molecule is CC[N+]1(C)C=NCC1.[Cl-]. The Kier molecular flexibility index (Phi) is 3.15. The van der Waals surface area contributed by atoms with Gasteiger partial charge in [0.15, 0.2) is 6.34 Å². The lowest BCUT2D eigenvalue weighted by molar-refractivity contribution is -0.805. The number of hydrogen-bond acceptors (Lipinski definition) is 1. The van der Waals surface area contributed by atoms with Gasteiger partial charge in [-0.25, -0.2) is 4.99 Å². The predicted octanol–water partition coefficient (Wildman–Crippen LogP) is -2.50. The molecule has 1 rings (SSSR count). The molecule has 1 atom stereocenters. The van der Waals surface area contributed by atoms with Gasteiger partial charge in [0, 0.05) is 0 Å². The molecule has 0 aromatic rings. The van der Waals surface area contributed by atoms with E-state index < -0.39 is 0 Å². The van der Waals surface area contributed by atoms with Crippen LogP contribution >= 0.6 is 0 Å². The smallest absolute Gasteiger partial charge is 0.185 e. The quantitative estimate of drug-likeness (QED) is 0.365.